The van der Waals surface area contributed by atoms with Crippen molar-refractivity contribution in [3.05, 3.63) is 53.4 Å². The summed E-state index contributed by atoms with van der Waals surface area (Å²) >= 11 is 0. The van der Waals surface area contributed by atoms with Gasteiger partial charge in [-0.3, -0.25) is 9.59 Å². The highest BCUT2D eigenvalue weighted by Gasteiger charge is 2.63. The summed E-state index contributed by atoms with van der Waals surface area (Å²) in [6.45, 7) is 8.10. The van der Waals surface area contributed by atoms with E-state index >= 15 is 0 Å². The van der Waals surface area contributed by atoms with Gasteiger partial charge in [0.15, 0.2) is 0 Å². The molecule has 5 rings (SSSR count). The first-order chi connectivity index (χ1) is 15.8. The van der Waals surface area contributed by atoms with E-state index in [1.165, 1.54) is 5.56 Å². The molecule has 2 bridgehead atoms. The maximum Gasteiger partial charge on any atom is 0.293 e. The fourth-order valence-corrected chi connectivity index (χ4v) is 6.88. The second-order valence-electron chi connectivity index (χ2n) is 10.8. The molecule has 2 amide bonds. The molecule has 176 valence electrons. The Morgan fingerprint density at radius 3 is 2.39 bits per heavy atom. The standard InChI is InChI=1S/C27H35N3O3/c1-17(2)20-15-23(33-28-20)26(32)30-22-16-27(4)24(12-8-9-13-25(27)30)29(18(3)31)21(22)14-19-10-6-5-7-11-19/h5-7,10-11,15,17,21-22,24-25H,8-9,12-14,16H2,1-4H3/t21-,22-,24+,25-,27+/m0/s1. The van der Waals surface area contributed by atoms with Crippen LogP contribution in [0.1, 0.15) is 87.5 Å². The van der Waals surface area contributed by atoms with Gasteiger partial charge < -0.3 is 14.3 Å². The molecule has 0 N–H and O–H groups in total. The number of amides is 2. The van der Waals surface area contributed by atoms with Gasteiger partial charge in [-0.15, -0.1) is 0 Å². The zero-order valence-electron chi connectivity index (χ0n) is 20.2. The lowest BCUT2D eigenvalue weighted by molar-refractivity contribution is -0.141. The lowest BCUT2D eigenvalue weighted by Crippen LogP contribution is -2.61. The van der Waals surface area contributed by atoms with Crippen LogP contribution in [0.2, 0.25) is 0 Å². The van der Waals surface area contributed by atoms with Gasteiger partial charge in [0.05, 0.1) is 17.8 Å². The molecule has 3 heterocycles. The number of aromatic nitrogens is 1. The van der Waals surface area contributed by atoms with Crippen molar-refractivity contribution in [1.82, 2.24) is 15.0 Å². The molecular formula is C27H35N3O3. The zero-order valence-corrected chi connectivity index (χ0v) is 20.2. The van der Waals surface area contributed by atoms with Crippen LogP contribution in [0.5, 0.6) is 0 Å². The van der Waals surface area contributed by atoms with Gasteiger partial charge in [0.2, 0.25) is 11.7 Å². The Labute approximate surface area is 196 Å². The van der Waals surface area contributed by atoms with E-state index in [-0.39, 0.29) is 47.3 Å². The third-order valence-corrected chi connectivity index (χ3v) is 8.42. The second-order valence-corrected chi connectivity index (χ2v) is 10.8. The fourth-order valence-electron chi connectivity index (χ4n) is 6.88. The fraction of sp³-hybridized carbons (Fsp3) is 0.593. The highest BCUT2D eigenvalue weighted by atomic mass is 16.5. The quantitative estimate of drug-likeness (QED) is 0.672. The highest BCUT2D eigenvalue weighted by Crippen LogP contribution is 2.56. The molecule has 1 aromatic carbocycles. The summed E-state index contributed by atoms with van der Waals surface area (Å²) in [4.78, 5) is 31.3. The van der Waals surface area contributed by atoms with Crippen molar-refractivity contribution in [3.8, 4) is 0 Å². The van der Waals surface area contributed by atoms with E-state index in [0.717, 1.165) is 44.2 Å². The number of carbonyl (C=O) groups excluding carboxylic acids is 2. The first-order valence-corrected chi connectivity index (χ1v) is 12.4. The van der Waals surface area contributed by atoms with Crippen LogP contribution in [0.25, 0.3) is 0 Å². The van der Waals surface area contributed by atoms with Crippen LogP contribution in [0, 0.1) is 5.41 Å². The van der Waals surface area contributed by atoms with E-state index in [2.05, 4.69) is 34.0 Å². The van der Waals surface area contributed by atoms with E-state index in [1.54, 1.807) is 13.0 Å². The molecule has 0 spiro atoms. The Morgan fingerprint density at radius 2 is 1.79 bits per heavy atom. The molecule has 0 unspecified atom stereocenters. The first kappa shape index (κ1) is 22.2. The molecule has 6 nitrogen and oxygen atoms in total. The summed E-state index contributed by atoms with van der Waals surface area (Å²) in [6, 6.07) is 12.4. The van der Waals surface area contributed by atoms with Crippen molar-refractivity contribution >= 4 is 11.8 Å². The first-order valence-electron chi connectivity index (χ1n) is 12.4. The number of rotatable bonds is 4. The topological polar surface area (TPSA) is 66.7 Å². The number of benzene rings is 1. The van der Waals surface area contributed by atoms with E-state index in [4.69, 9.17) is 4.52 Å². The SMILES string of the molecule is CC(=O)N1[C@@H](Cc2ccccc2)[C@@H]2C[C@@]3(C)[C@H](CCCC[C@@H]13)N2C(=O)c1cc(C(C)C)no1. The maximum absolute atomic E-state index is 13.9. The van der Waals surface area contributed by atoms with Crippen LogP contribution in [-0.2, 0) is 11.2 Å². The Bertz CT molecular complexity index is 1030. The van der Waals surface area contributed by atoms with Crippen molar-refractivity contribution in [2.45, 2.75) is 96.3 Å². The third kappa shape index (κ3) is 3.58. The van der Waals surface area contributed by atoms with Gasteiger partial charge in [0.1, 0.15) is 0 Å². The number of piperidine rings is 1. The molecular weight excluding hydrogens is 414 g/mol. The number of fused-ring (bicyclic) bond motifs is 1. The Kier molecular flexibility index (Phi) is 5.58. The molecule has 5 atom stereocenters. The molecule has 3 aliphatic rings. The number of carbonyl (C=O) groups is 2. The molecule has 3 fully saturated rings. The van der Waals surface area contributed by atoms with E-state index in [1.807, 2.05) is 32.0 Å². The van der Waals surface area contributed by atoms with Crippen LogP contribution in [-0.4, -0.2) is 50.9 Å². The minimum absolute atomic E-state index is 0.0291. The van der Waals surface area contributed by atoms with Crippen LogP contribution in [0.15, 0.2) is 40.9 Å². The van der Waals surface area contributed by atoms with Gasteiger partial charge in [-0.05, 0) is 37.2 Å². The normalized spacial score (nSPS) is 31.1. The molecule has 2 aliphatic heterocycles. The molecule has 0 radical (unpaired) electrons. The number of nitrogens with zero attached hydrogens (tertiary/aromatic N) is 3. The van der Waals surface area contributed by atoms with Gasteiger partial charge in [-0.2, -0.15) is 0 Å². The number of likely N-dealkylation sites (tertiary alicyclic amines) is 2. The minimum atomic E-state index is -0.101. The summed E-state index contributed by atoms with van der Waals surface area (Å²) in [6.07, 6.45) is 5.83. The van der Waals surface area contributed by atoms with Crippen LogP contribution in [0.3, 0.4) is 0 Å². The van der Waals surface area contributed by atoms with Crippen molar-refractivity contribution < 1.29 is 14.1 Å². The van der Waals surface area contributed by atoms with Crippen molar-refractivity contribution in [3.63, 3.8) is 0 Å². The zero-order chi connectivity index (χ0) is 23.3. The summed E-state index contributed by atoms with van der Waals surface area (Å²) in [5, 5.41) is 4.15. The van der Waals surface area contributed by atoms with Gasteiger partial charge in [-0.1, -0.05) is 69.1 Å². The molecule has 1 saturated carbocycles. The minimum Gasteiger partial charge on any atom is -0.351 e. The van der Waals surface area contributed by atoms with E-state index in [9.17, 15) is 9.59 Å². The third-order valence-electron chi connectivity index (χ3n) is 8.42. The average Bonchev–Trinajstić information content (AvgIpc) is 3.33. The lowest BCUT2D eigenvalue weighted by Gasteiger charge is -2.50. The van der Waals surface area contributed by atoms with Gasteiger partial charge in [-0.25, -0.2) is 0 Å². The monoisotopic (exact) mass is 449 g/mol. The van der Waals surface area contributed by atoms with Crippen LogP contribution < -0.4 is 0 Å². The average molecular weight is 450 g/mol. The van der Waals surface area contributed by atoms with Crippen molar-refractivity contribution in [1.29, 1.82) is 0 Å². The molecule has 2 aromatic rings. The molecule has 1 aromatic heterocycles. The summed E-state index contributed by atoms with van der Waals surface area (Å²) in [5.74, 6) is 0.571. The van der Waals surface area contributed by atoms with Crippen LogP contribution in [0.4, 0.5) is 0 Å². The largest absolute Gasteiger partial charge is 0.351 e. The van der Waals surface area contributed by atoms with Gasteiger partial charge in [0, 0.05) is 30.5 Å². The lowest BCUT2D eigenvalue weighted by atomic mass is 9.69. The Balaban J connectivity index is 1.58. The highest BCUT2D eigenvalue weighted by molar-refractivity contribution is 5.92. The number of hydrogen-bond acceptors (Lipinski definition) is 4. The van der Waals surface area contributed by atoms with Crippen LogP contribution >= 0.6 is 0 Å². The summed E-state index contributed by atoms with van der Waals surface area (Å²) in [7, 11) is 0. The summed E-state index contributed by atoms with van der Waals surface area (Å²) in [5.41, 5.74) is 1.90. The van der Waals surface area contributed by atoms with Gasteiger partial charge in [0.25, 0.3) is 5.91 Å². The number of hydrogen-bond donors (Lipinski definition) is 0. The summed E-state index contributed by atoms with van der Waals surface area (Å²) < 4.78 is 5.56. The smallest absolute Gasteiger partial charge is 0.293 e. The van der Waals surface area contributed by atoms with E-state index in [0.29, 0.717) is 5.76 Å². The van der Waals surface area contributed by atoms with Gasteiger partial charge >= 0.3 is 0 Å². The van der Waals surface area contributed by atoms with E-state index < -0.39 is 0 Å². The Hall–Kier alpha value is -2.63. The van der Waals surface area contributed by atoms with Crippen molar-refractivity contribution in [2.75, 3.05) is 0 Å². The molecule has 33 heavy (non-hydrogen) atoms. The Morgan fingerprint density at radius 1 is 1.12 bits per heavy atom. The second kappa shape index (κ2) is 8.30. The van der Waals surface area contributed by atoms with Crippen molar-refractivity contribution in [2.24, 2.45) is 5.41 Å². The predicted molar refractivity (Wildman–Crippen MR) is 126 cm³/mol. The molecule has 1 aliphatic carbocycles. The predicted octanol–water partition coefficient (Wildman–Crippen LogP) is 4.80. The molecule has 2 saturated heterocycles. The maximum atomic E-state index is 13.9. The molecule has 6 heteroatoms.